The van der Waals surface area contributed by atoms with E-state index in [0.717, 1.165) is 0 Å². The highest BCUT2D eigenvalue weighted by Gasteiger charge is 2.03. The molecule has 3 heteroatoms. The van der Waals surface area contributed by atoms with Crippen LogP contribution in [0.1, 0.15) is 0 Å². The van der Waals surface area contributed by atoms with Crippen LogP contribution in [-0.2, 0) is 9.53 Å². The summed E-state index contributed by atoms with van der Waals surface area (Å²) in [5.74, 6) is -0.352. The van der Waals surface area contributed by atoms with Crippen molar-refractivity contribution in [3.63, 3.8) is 0 Å². The van der Waals surface area contributed by atoms with Gasteiger partial charge in [-0.1, -0.05) is 12.2 Å². The Morgan fingerprint density at radius 3 is 2.69 bits per heavy atom. The summed E-state index contributed by atoms with van der Waals surface area (Å²) in [7, 11) is 1.35. The van der Waals surface area contributed by atoms with Gasteiger partial charge in [0.25, 0.3) is 0 Å². The van der Waals surface area contributed by atoms with Gasteiger partial charge in [-0.15, -0.1) is 0 Å². The topological polar surface area (TPSA) is 52.3 Å². The number of nitrogens with two attached hydrogens (primary N) is 1. The highest BCUT2D eigenvalue weighted by Crippen LogP contribution is 2.04. The molecule has 0 bridgehead atoms. The fourth-order valence-corrected chi connectivity index (χ4v) is 0.891. The SMILES string of the molecule is COC(=O)C1=C/C=C\C(N)=C/C=C1. The van der Waals surface area contributed by atoms with E-state index in [4.69, 9.17) is 5.73 Å². The Bertz CT molecular complexity index is 322. The van der Waals surface area contributed by atoms with E-state index in [-0.39, 0.29) is 5.97 Å². The summed E-state index contributed by atoms with van der Waals surface area (Å²) in [5, 5.41) is 0. The van der Waals surface area contributed by atoms with Crippen molar-refractivity contribution in [3.8, 4) is 0 Å². The van der Waals surface area contributed by atoms with Crippen LogP contribution in [0.15, 0.2) is 47.7 Å². The van der Waals surface area contributed by atoms with Crippen LogP contribution in [0.25, 0.3) is 0 Å². The van der Waals surface area contributed by atoms with E-state index in [1.807, 2.05) is 0 Å². The number of carbonyl (C=O) groups is 1. The summed E-state index contributed by atoms with van der Waals surface area (Å²) in [6.45, 7) is 0. The molecule has 0 saturated carbocycles. The molecule has 3 nitrogen and oxygen atoms in total. The molecule has 0 aromatic heterocycles. The predicted octanol–water partition coefficient (Wildman–Crippen LogP) is 1.05. The van der Waals surface area contributed by atoms with E-state index < -0.39 is 0 Å². The van der Waals surface area contributed by atoms with Gasteiger partial charge in [0, 0.05) is 5.70 Å². The van der Waals surface area contributed by atoms with Crippen molar-refractivity contribution < 1.29 is 9.53 Å². The molecule has 0 fully saturated rings. The van der Waals surface area contributed by atoms with Crippen molar-refractivity contribution in [1.29, 1.82) is 0 Å². The first kappa shape index (κ1) is 9.32. The van der Waals surface area contributed by atoms with Crippen molar-refractivity contribution in [3.05, 3.63) is 47.7 Å². The minimum Gasteiger partial charge on any atom is -0.465 e. The maximum Gasteiger partial charge on any atom is 0.337 e. The lowest BCUT2D eigenvalue weighted by Crippen LogP contribution is -2.02. The Kier molecular flexibility index (Phi) is 3.09. The van der Waals surface area contributed by atoms with Crippen molar-refractivity contribution in [1.82, 2.24) is 0 Å². The molecule has 0 aromatic carbocycles. The highest BCUT2D eigenvalue weighted by atomic mass is 16.5. The van der Waals surface area contributed by atoms with Gasteiger partial charge < -0.3 is 10.5 Å². The Morgan fingerprint density at radius 1 is 1.31 bits per heavy atom. The van der Waals surface area contributed by atoms with Gasteiger partial charge in [-0.05, 0) is 24.3 Å². The summed E-state index contributed by atoms with van der Waals surface area (Å²) < 4.78 is 4.57. The van der Waals surface area contributed by atoms with Gasteiger partial charge in [0.2, 0.25) is 0 Å². The molecule has 0 radical (unpaired) electrons. The number of esters is 1. The minimum absolute atomic E-state index is 0.352. The standard InChI is InChI=1S/C10H11NO2/c1-13-10(12)8-4-2-6-9(11)7-3-5-8/h2-7H,11H2,1H3/b4-2?,5-3?,6-2-,7-3?,8-4?,8-5?,9-6?,9-7+. The molecule has 0 saturated heterocycles. The second kappa shape index (κ2) is 4.30. The smallest absolute Gasteiger partial charge is 0.337 e. The van der Waals surface area contributed by atoms with Crippen LogP contribution < -0.4 is 5.73 Å². The average Bonchev–Trinajstić information content (AvgIpc) is 2.10. The van der Waals surface area contributed by atoms with E-state index in [1.165, 1.54) is 7.11 Å². The molecule has 0 heterocycles. The molecule has 2 N–H and O–H groups in total. The molecular weight excluding hydrogens is 166 g/mol. The lowest BCUT2D eigenvalue weighted by molar-refractivity contribution is -0.135. The van der Waals surface area contributed by atoms with E-state index in [2.05, 4.69) is 4.74 Å². The summed E-state index contributed by atoms with van der Waals surface area (Å²) in [4.78, 5) is 11.1. The van der Waals surface area contributed by atoms with Gasteiger partial charge in [0.1, 0.15) is 0 Å². The molecule has 0 aromatic rings. The molecule has 0 aliphatic heterocycles. The first-order valence-electron chi connectivity index (χ1n) is 3.84. The quantitative estimate of drug-likeness (QED) is 0.609. The maximum atomic E-state index is 11.1. The second-order valence-electron chi connectivity index (χ2n) is 2.50. The Balaban J connectivity index is 2.86. The van der Waals surface area contributed by atoms with Gasteiger partial charge in [0.05, 0.1) is 12.7 Å². The third-order valence-electron chi connectivity index (χ3n) is 1.55. The number of carbonyl (C=O) groups excluding carboxylic acids is 1. The van der Waals surface area contributed by atoms with Crippen molar-refractivity contribution >= 4 is 5.97 Å². The second-order valence-corrected chi connectivity index (χ2v) is 2.50. The Hall–Kier alpha value is -1.77. The molecular formula is C10H11NO2. The zero-order chi connectivity index (χ0) is 9.68. The van der Waals surface area contributed by atoms with Gasteiger partial charge in [-0.25, -0.2) is 4.79 Å². The number of allylic oxidation sites excluding steroid dienone is 5. The van der Waals surface area contributed by atoms with Crippen LogP contribution in [0.2, 0.25) is 0 Å². The number of ether oxygens (including phenoxy) is 1. The van der Waals surface area contributed by atoms with E-state index in [9.17, 15) is 4.79 Å². The number of methoxy groups -OCH3 is 1. The summed E-state index contributed by atoms with van der Waals surface area (Å²) in [6, 6.07) is 0. The van der Waals surface area contributed by atoms with Gasteiger partial charge in [-0.2, -0.15) is 0 Å². The van der Waals surface area contributed by atoms with Crippen LogP contribution >= 0.6 is 0 Å². The Labute approximate surface area is 76.9 Å². The number of hydrogen-bond donors (Lipinski definition) is 1. The molecule has 0 amide bonds. The first-order chi connectivity index (χ1) is 6.24. The van der Waals surface area contributed by atoms with E-state index in [0.29, 0.717) is 11.3 Å². The fraction of sp³-hybridized carbons (Fsp3) is 0.100. The zero-order valence-electron chi connectivity index (χ0n) is 7.36. The third-order valence-corrected chi connectivity index (χ3v) is 1.55. The lowest BCUT2D eigenvalue weighted by atomic mass is 10.2. The minimum atomic E-state index is -0.352. The molecule has 1 rings (SSSR count). The number of rotatable bonds is 1. The summed E-state index contributed by atoms with van der Waals surface area (Å²) in [5.41, 5.74) is 6.69. The van der Waals surface area contributed by atoms with Gasteiger partial charge in [-0.3, -0.25) is 0 Å². The molecule has 0 atom stereocenters. The van der Waals surface area contributed by atoms with Crippen molar-refractivity contribution in [2.24, 2.45) is 5.73 Å². The summed E-state index contributed by atoms with van der Waals surface area (Å²) in [6.07, 6.45) is 10.2. The van der Waals surface area contributed by atoms with Crippen molar-refractivity contribution in [2.45, 2.75) is 0 Å². The van der Waals surface area contributed by atoms with Crippen LogP contribution in [0.5, 0.6) is 0 Å². The largest absolute Gasteiger partial charge is 0.465 e. The van der Waals surface area contributed by atoms with Gasteiger partial charge >= 0.3 is 5.97 Å². The van der Waals surface area contributed by atoms with Crippen LogP contribution in [0, 0.1) is 0 Å². The molecule has 1 aliphatic carbocycles. The first-order valence-corrected chi connectivity index (χ1v) is 3.84. The molecule has 1 aliphatic rings. The van der Waals surface area contributed by atoms with Crippen LogP contribution in [-0.4, -0.2) is 13.1 Å². The molecule has 0 spiro atoms. The fourth-order valence-electron chi connectivity index (χ4n) is 0.891. The van der Waals surface area contributed by atoms with E-state index >= 15 is 0 Å². The lowest BCUT2D eigenvalue weighted by Gasteiger charge is -1.99. The third kappa shape index (κ3) is 2.63. The van der Waals surface area contributed by atoms with E-state index in [1.54, 1.807) is 36.5 Å². The highest BCUT2D eigenvalue weighted by molar-refractivity contribution is 5.91. The molecule has 0 unspecified atom stereocenters. The van der Waals surface area contributed by atoms with Crippen LogP contribution in [0.3, 0.4) is 0 Å². The number of hydrogen-bond acceptors (Lipinski definition) is 3. The summed E-state index contributed by atoms with van der Waals surface area (Å²) >= 11 is 0. The predicted molar refractivity (Wildman–Crippen MR) is 50.6 cm³/mol. The maximum absolute atomic E-state index is 11.1. The van der Waals surface area contributed by atoms with Gasteiger partial charge in [0.15, 0.2) is 0 Å². The van der Waals surface area contributed by atoms with Crippen LogP contribution in [0.4, 0.5) is 0 Å². The molecule has 68 valence electrons. The monoisotopic (exact) mass is 177 g/mol. The molecule has 13 heavy (non-hydrogen) atoms. The zero-order valence-corrected chi connectivity index (χ0v) is 7.36. The Morgan fingerprint density at radius 2 is 2.00 bits per heavy atom. The average molecular weight is 177 g/mol. The van der Waals surface area contributed by atoms with Crippen molar-refractivity contribution in [2.75, 3.05) is 7.11 Å². The normalized spacial score (nSPS) is 21.9.